The van der Waals surface area contributed by atoms with Gasteiger partial charge in [-0.05, 0) is 6.42 Å². The molecule has 0 aliphatic carbocycles. The summed E-state index contributed by atoms with van der Waals surface area (Å²) in [6.45, 7) is 2.22. The van der Waals surface area contributed by atoms with E-state index in [-0.39, 0.29) is 6.10 Å². The molecule has 1 N–H and O–H groups in total. The Kier molecular flexibility index (Phi) is 5.69. The van der Waals surface area contributed by atoms with Gasteiger partial charge in [0.05, 0.1) is 6.10 Å². The van der Waals surface area contributed by atoms with Crippen molar-refractivity contribution in [2.45, 2.75) is 70.5 Å². The van der Waals surface area contributed by atoms with Crippen LogP contribution in [0.1, 0.15) is 58.3 Å². The molecule has 0 amide bonds. The monoisotopic (exact) mass is 214 g/mol. The molecule has 15 heavy (non-hydrogen) atoms. The zero-order chi connectivity index (χ0) is 11.1. The molecular weight excluding hydrogens is 192 g/mol. The molecule has 1 rings (SSSR count). The Morgan fingerprint density at radius 2 is 1.73 bits per heavy atom. The van der Waals surface area contributed by atoms with E-state index in [0.717, 1.165) is 12.8 Å². The van der Waals surface area contributed by atoms with Crippen LogP contribution in [0.3, 0.4) is 0 Å². The van der Waals surface area contributed by atoms with Gasteiger partial charge in [-0.15, -0.1) is 0 Å². The van der Waals surface area contributed by atoms with Crippen LogP contribution >= 0.6 is 0 Å². The number of carboxylic acids is 1. The van der Waals surface area contributed by atoms with E-state index in [1.807, 2.05) is 0 Å². The molecule has 1 heterocycles. The second-order valence-corrected chi connectivity index (χ2v) is 4.34. The van der Waals surface area contributed by atoms with Crippen molar-refractivity contribution in [3.63, 3.8) is 0 Å². The van der Waals surface area contributed by atoms with E-state index in [9.17, 15) is 4.79 Å². The molecule has 0 unspecified atom stereocenters. The van der Waals surface area contributed by atoms with Crippen LogP contribution in [-0.2, 0) is 9.53 Å². The van der Waals surface area contributed by atoms with Gasteiger partial charge in [-0.1, -0.05) is 51.9 Å². The Morgan fingerprint density at radius 3 is 2.27 bits per heavy atom. The third-order valence-electron chi connectivity index (χ3n) is 2.92. The number of carbonyl (C=O) groups is 1. The van der Waals surface area contributed by atoms with Gasteiger partial charge < -0.3 is 9.84 Å². The van der Waals surface area contributed by atoms with E-state index in [1.165, 1.54) is 38.5 Å². The lowest BCUT2D eigenvalue weighted by Gasteiger charge is -1.99. The maximum absolute atomic E-state index is 10.5. The number of unbranched alkanes of at least 4 members (excludes halogenated alkanes) is 6. The molecule has 2 atom stereocenters. The molecule has 1 saturated heterocycles. The molecule has 3 heteroatoms. The summed E-state index contributed by atoms with van der Waals surface area (Å²) in [6.07, 6.45) is 9.34. The second kappa shape index (κ2) is 6.83. The molecule has 0 radical (unpaired) electrons. The number of hydrogen-bond acceptors (Lipinski definition) is 2. The van der Waals surface area contributed by atoms with Crippen molar-refractivity contribution >= 4 is 5.97 Å². The predicted molar refractivity (Wildman–Crippen MR) is 58.9 cm³/mol. The first kappa shape index (κ1) is 12.5. The minimum Gasteiger partial charge on any atom is -0.479 e. The Hall–Kier alpha value is -0.570. The van der Waals surface area contributed by atoms with Crippen LogP contribution in [-0.4, -0.2) is 23.3 Å². The SMILES string of the molecule is CCCCCCCCC[C@H]1O[C@@H]1C(=O)O. The van der Waals surface area contributed by atoms with E-state index in [1.54, 1.807) is 0 Å². The number of rotatable bonds is 9. The van der Waals surface area contributed by atoms with Gasteiger partial charge in [0.15, 0.2) is 6.10 Å². The molecule has 1 aliphatic rings. The maximum atomic E-state index is 10.5. The first-order valence-electron chi connectivity index (χ1n) is 6.14. The number of ether oxygens (including phenoxy) is 1. The molecule has 0 bridgehead atoms. The first-order valence-corrected chi connectivity index (χ1v) is 6.14. The van der Waals surface area contributed by atoms with E-state index in [2.05, 4.69) is 6.92 Å². The van der Waals surface area contributed by atoms with E-state index < -0.39 is 12.1 Å². The summed E-state index contributed by atoms with van der Waals surface area (Å²) in [4.78, 5) is 10.5. The van der Waals surface area contributed by atoms with Crippen molar-refractivity contribution in [1.82, 2.24) is 0 Å². The molecule has 88 valence electrons. The molecular formula is C12H22O3. The highest BCUT2D eigenvalue weighted by Crippen LogP contribution is 2.27. The van der Waals surface area contributed by atoms with Gasteiger partial charge in [-0.2, -0.15) is 0 Å². The lowest BCUT2D eigenvalue weighted by molar-refractivity contribution is -0.138. The van der Waals surface area contributed by atoms with E-state index in [4.69, 9.17) is 9.84 Å². The molecule has 1 aliphatic heterocycles. The largest absolute Gasteiger partial charge is 0.479 e. The van der Waals surface area contributed by atoms with Gasteiger partial charge in [-0.3, -0.25) is 0 Å². The molecule has 3 nitrogen and oxygen atoms in total. The van der Waals surface area contributed by atoms with Crippen molar-refractivity contribution in [3.8, 4) is 0 Å². The predicted octanol–water partition coefficient (Wildman–Crippen LogP) is 2.98. The minimum absolute atomic E-state index is 0.0122. The standard InChI is InChI=1S/C12H22O3/c1-2-3-4-5-6-7-8-9-10-11(15-10)12(13)14/h10-11H,2-9H2,1H3,(H,13,14)/t10-,11+/m1/s1. The van der Waals surface area contributed by atoms with E-state index in [0.29, 0.717) is 0 Å². The summed E-state index contributed by atoms with van der Waals surface area (Å²) < 4.78 is 5.02. The van der Waals surface area contributed by atoms with Crippen LogP contribution in [0, 0.1) is 0 Å². The van der Waals surface area contributed by atoms with Crippen LogP contribution in [0.15, 0.2) is 0 Å². The van der Waals surface area contributed by atoms with Crippen molar-refractivity contribution in [2.24, 2.45) is 0 Å². The van der Waals surface area contributed by atoms with Crippen LogP contribution in [0.2, 0.25) is 0 Å². The highest BCUT2D eigenvalue weighted by Gasteiger charge is 2.44. The van der Waals surface area contributed by atoms with Crippen molar-refractivity contribution in [2.75, 3.05) is 0 Å². The molecule has 0 aromatic carbocycles. The Bertz CT molecular complexity index is 191. The lowest BCUT2D eigenvalue weighted by atomic mass is 10.1. The quantitative estimate of drug-likeness (QED) is 0.474. The van der Waals surface area contributed by atoms with Gasteiger partial charge in [0.1, 0.15) is 0 Å². The Morgan fingerprint density at radius 1 is 1.13 bits per heavy atom. The second-order valence-electron chi connectivity index (χ2n) is 4.34. The average molecular weight is 214 g/mol. The van der Waals surface area contributed by atoms with Gasteiger partial charge >= 0.3 is 5.97 Å². The van der Waals surface area contributed by atoms with Crippen LogP contribution < -0.4 is 0 Å². The van der Waals surface area contributed by atoms with Gasteiger partial charge in [0.2, 0.25) is 0 Å². The summed E-state index contributed by atoms with van der Waals surface area (Å²) in [7, 11) is 0. The first-order chi connectivity index (χ1) is 7.25. The zero-order valence-electron chi connectivity index (χ0n) is 9.58. The fourth-order valence-electron chi connectivity index (χ4n) is 1.88. The highest BCUT2D eigenvalue weighted by molar-refractivity contribution is 5.75. The highest BCUT2D eigenvalue weighted by atomic mass is 16.6. The van der Waals surface area contributed by atoms with Crippen LogP contribution in [0.25, 0.3) is 0 Å². The summed E-state index contributed by atoms with van der Waals surface area (Å²) in [5.41, 5.74) is 0. The van der Waals surface area contributed by atoms with Crippen molar-refractivity contribution in [1.29, 1.82) is 0 Å². The summed E-state index contributed by atoms with van der Waals surface area (Å²) in [5.74, 6) is -0.803. The minimum atomic E-state index is -0.803. The number of hydrogen-bond donors (Lipinski definition) is 1. The lowest BCUT2D eigenvalue weighted by Crippen LogP contribution is -2.07. The van der Waals surface area contributed by atoms with Gasteiger partial charge in [-0.25, -0.2) is 4.79 Å². The molecule has 0 aromatic rings. The third kappa shape index (κ3) is 5.17. The number of carboxylic acid groups (broad SMARTS) is 1. The van der Waals surface area contributed by atoms with Gasteiger partial charge in [0, 0.05) is 0 Å². The molecule has 0 saturated carbocycles. The van der Waals surface area contributed by atoms with E-state index >= 15 is 0 Å². The average Bonchev–Trinajstić information content (AvgIpc) is 2.96. The smallest absolute Gasteiger partial charge is 0.335 e. The summed E-state index contributed by atoms with van der Waals surface area (Å²) in [6, 6.07) is 0. The number of epoxide rings is 1. The zero-order valence-corrected chi connectivity index (χ0v) is 9.58. The van der Waals surface area contributed by atoms with Crippen LogP contribution in [0.4, 0.5) is 0 Å². The summed E-state index contributed by atoms with van der Waals surface area (Å²) >= 11 is 0. The van der Waals surface area contributed by atoms with Gasteiger partial charge in [0.25, 0.3) is 0 Å². The molecule has 0 spiro atoms. The fraction of sp³-hybridized carbons (Fsp3) is 0.917. The van der Waals surface area contributed by atoms with Crippen molar-refractivity contribution < 1.29 is 14.6 Å². The van der Waals surface area contributed by atoms with Crippen LogP contribution in [0.5, 0.6) is 0 Å². The number of aliphatic carboxylic acids is 1. The Labute approximate surface area is 91.8 Å². The maximum Gasteiger partial charge on any atom is 0.335 e. The summed E-state index contributed by atoms with van der Waals surface area (Å²) in [5, 5.41) is 8.60. The third-order valence-corrected chi connectivity index (χ3v) is 2.92. The van der Waals surface area contributed by atoms with Crippen molar-refractivity contribution in [3.05, 3.63) is 0 Å². The normalized spacial score (nSPS) is 24.1. The topological polar surface area (TPSA) is 49.8 Å². The Balaban J connectivity index is 1.80. The fourth-order valence-corrected chi connectivity index (χ4v) is 1.88. The molecule has 1 fully saturated rings. The molecule has 0 aromatic heterocycles.